The highest BCUT2D eigenvalue weighted by atomic mass is 16.5. The molecule has 1 aliphatic rings. The molecule has 7 nitrogen and oxygen atoms in total. The summed E-state index contributed by atoms with van der Waals surface area (Å²) in [4.78, 5) is 11.2. The van der Waals surface area contributed by atoms with Crippen molar-refractivity contribution in [3.8, 4) is 17.1 Å². The van der Waals surface area contributed by atoms with Crippen molar-refractivity contribution in [2.24, 2.45) is 10.4 Å². The van der Waals surface area contributed by atoms with Crippen LogP contribution in [0.4, 0.5) is 0 Å². The molecule has 7 heteroatoms. The van der Waals surface area contributed by atoms with Crippen molar-refractivity contribution < 1.29 is 4.74 Å². The topological polar surface area (TPSA) is 78.4 Å². The number of nitrogens with zero attached hydrogens (tertiary/aromatic N) is 4. The first-order chi connectivity index (χ1) is 12.0. The third-order valence-electron chi connectivity index (χ3n) is 4.48. The van der Waals surface area contributed by atoms with Crippen LogP contribution in [0.5, 0.6) is 5.75 Å². The zero-order chi connectivity index (χ0) is 17.9. The normalized spacial score (nSPS) is 17.0. The van der Waals surface area contributed by atoms with E-state index in [0.29, 0.717) is 17.8 Å². The molecule has 1 fully saturated rings. The SMILES string of the molecule is CN=C(NCc1nc(-c2ccc(OC)cc2)n[nH]1)N1CCC(C)(C)C1. The lowest BCUT2D eigenvalue weighted by Gasteiger charge is -2.23. The van der Waals surface area contributed by atoms with Gasteiger partial charge in [0.2, 0.25) is 0 Å². The van der Waals surface area contributed by atoms with E-state index in [4.69, 9.17) is 4.74 Å². The number of H-pyrrole nitrogens is 1. The van der Waals surface area contributed by atoms with Crippen LogP contribution in [0.1, 0.15) is 26.1 Å². The maximum absolute atomic E-state index is 5.17. The minimum absolute atomic E-state index is 0.339. The van der Waals surface area contributed by atoms with Gasteiger partial charge in [-0.3, -0.25) is 10.1 Å². The van der Waals surface area contributed by atoms with Crippen molar-refractivity contribution >= 4 is 5.96 Å². The van der Waals surface area contributed by atoms with Crippen molar-refractivity contribution in [2.45, 2.75) is 26.8 Å². The van der Waals surface area contributed by atoms with Crippen LogP contribution >= 0.6 is 0 Å². The molecule has 2 N–H and O–H groups in total. The fourth-order valence-corrected chi connectivity index (χ4v) is 3.03. The second-order valence-corrected chi connectivity index (χ2v) is 7.07. The number of rotatable bonds is 4. The molecule has 1 aromatic heterocycles. The second-order valence-electron chi connectivity index (χ2n) is 7.07. The molecule has 1 aromatic carbocycles. The summed E-state index contributed by atoms with van der Waals surface area (Å²) in [6, 6.07) is 7.70. The van der Waals surface area contributed by atoms with Crippen molar-refractivity contribution in [1.29, 1.82) is 0 Å². The summed E-state index contributed by atoms with van der Waals surface area (Å²) in [6.07, 6.45) is 1.18. The van der Waals surface area contributed by atoms with Gasteiger partial charge in [0, 0.05) is 25.7 Å². The molecule has 0 saturated carbocycles. The molecule has 0 radical (unpaired) electrons. The Hall–Kier alpha value is -2.57. The predicted octanol–water partition coefficient (Wildman–Crippen LogP) is 2.29. The smallest absolute Gasteiger partial charge is 0.194 e. The lowest BCUT2D eigenvalue weighted by molar-refractivity contribution is 0.370. The molecular weight excluding hydrogens is 316 g/mol. The molecule has 134 valence electrons. The first-order valence-corrected chi connectivity index (χ1v) is 8.52. The maximum Gasteiger partial charge on any atom is 0.194 e. The molecule has 1 aliphatic heterocycles. The summed E-state index contributed by atoms with van der Waals surface area (Å²) in [5, 5.41) is 10.7. The minimum atomic E-state index is 0.339. The summed E-state index contributed by atoms with van der Waals surface area (Å²) in [5.41, 5.74) is 1.29. The van der Waals surface area contributed by atoms with Crippen LogP contribution in [0, 0.1) is 5.41 Å². The van der Waals surface area contributed by atoms with Gasteiger partial charge in [-0.2, -0.15) is 5.10 Å². The average Bonchev–Trinajstić information content (AvgIpc) is 3.22. The Bertz CT molecular complexity index is 734. The van der Waals surface area contributed by atoms with Gasteiger partial charge in [-0.1, -0.05) is 13.8 Å². The van der Waals surface area contributed by atoms with Crippen molar-refractivity contribution in [3.05, 3.63) is 30.1 Å². The van der Waals surface area contributed by atoms with E-state index in [2.05, 4.69) is 44.2 Å². The molecule has 2 aromatic rings. The standard InChI is InChI=1S/C18H26N6O/c1-18(2)9-10-24(12-18)17(19-3)20-11-15-21-16(23-22-15)13-5-7-14(25-4)8-6-13/h5-8H,9-12H2,1-4H3,(H,19,20)(H,21,22,23). The predicted molar refractivity (Wildman–Crippen MR) is 98.5 cm³/mol. The Kier molecular flexibility index (Phi) is 4.92. The molecule has 1 saturated heterocycles. The molecule has 0 unspecified atom stereocenters. The number of aromatic nitrogens is 3. The number of hydrogen-bond donors (Lipinski definition) is 2. The van der Waals surface area contributed by atoms with Gasteiger partial charge in [-0.05, 0) is 36.1 Å². The number of likely N-dealkylation sites (tertiary alicyclic amines) is 1. The third kappa shape index (κ3) is 4.10. The van der Waals surface area contributed by atoms with Gasteiger partial charge in [-0.15, -0.1) is 0 Å². The molecule has 2 heterocycles. The van der Waals surface area contributed by atoms with Crippen LogP contribution in [0.25, 0.3) is 11.4 Å². The summed E-state index contributed by atoms with van der Waals surface area (Å²) in [6.45, 7) is 7.18. The van der Waals surface area contributed by atoms with Crippen LogP contribution in [0.2, 0.25) is 0 Å². The fourth-order valence-electron chi connectivity index (χ4n) is 3.03. The summed E-state index contributed by atoms with van der Waals surface area (Å²) in [7, 11) is 3.47. The summed E-state index contributed by atoms with van der Waals surface area (Å²) >= 11 is 0. The number of nitrogens with one attached hydrogen (secondary N) is 2. The van der Waals surface area contributed by atoms with E-state index in [0.717, 1.165) is 36.2 Å². The summed E-state index contributed by atoms with van der Waals surface area (Å²) < 4.78 is 5.17. The number of hydrogen-bond acceptors (Lipinski definition) is 4. The first-order valence-electron chi connectivity index (χ1n) is 8.52. The van der Waals surface area contributed by atoms with Gasteiger partial charge >= 0.3 is 0 Å². The van der Waals surface area contributed by atoms with Gasteiger partial charge < -0.3 is 15.0 Å². The van der Waals surface area contributed by atoms with Crippen molar-refractivity contribution in [2.75, 3.05) is 27.2 Å². The molecule has 3 rings (SSSR count). The highest BCUT2D eigenvalue weighted by molar-refractivity contribution is 5.80. The Balaban J connectivity index is 1.61. The molecule has 0 atom stereocenters. The quantitative estimate of drug-likeness (QED) is 0.658. The Labute approximate surface area is 148 Å². The van der Waals surface area contributed by atoms with E-state index in [1.54, 1.807) is 7.11 Å². The maximum atomic E-state index is 5.17. The van der Waals surface area contributed by atoms with Crippen LogP contribution in [0.3, 0.4) is 0 Å². The number of guanidine groups is 1. The fraction of sp³-hybridized carbons (Fsp3) is 0.500. The highest BCUT2D eigenvalue weighted by Gasteiger charge is 2.30. The minimum Gasteiger partial charge on any atom is -0.497 e. The second kappa shape index (κ2) is 7.13. The molecule has 0 aliphatic carbocycles. The number of methoxy groups -OCH3 is 1. The number of ether oxygens (including phenoxy) is 1. The summed E-state index contributed by atoms with van der Waals surface area (Å²) in [5.74, 6) is 3.19. The van der Waals surface area contributed by atoms with Crippen molar-refractivity contribution in [1.82, 2.24) is 25.4 Å². The first kappa shape index (κ1) is 17.3. The van der Waals surface area contributed by atoms with Crippen LogP contribution in [0.15, 0.2) is 29.3 Å². The van der Waals surface area contributed by atoms with E-state index in [1.807, 2.05) is 31.3 Å². The molecule has 0 bridgehead atoms. The van der Waals surface area contributed by atoms with Gasteiger partial charge in [-0.25, -0.2) is 4.98 Å². The lowest BCUT2D eigenvalue weighted by Crippen LogP contribution is -2.40. The van der Waals surface area contributed by atoms with Crippen LogP contribution in [-0.4, -0.2) is 53.3 Å². The zero-order valence-corrected chi connectivity index (χ0v) is 15.3. The van der Waals surface area contributed by atoms with Crippen LogP contribution in [-0.2, 0) is 6.54 Å². The molecule has 0 amide bonds. The van der Waals surface area contributed by atoms with Gasteiger partial charge in [0.1, 0.15) is 11.6 Å². The van der Waals surface area contributed by atoms with E-state index in [9.17, 15) is 0 Å². The van der Waals surface area contributed by atoms with Gasteiger partial charge in [0.05, 0.1) is 13.7 Å². The van der Waals surface area contributed by atoms with Gasteiger partial charge in [0.25, 0.3) is 0 Å². The highest BCUT2D eigenvalue weighted by Crippen LogP contribution is 2.28. The number of benzene rings is 1. The third-order valence-corrected chi connectivity index (χ3v) is 4.48. The van der Waals surface area contributed by atoms with E-state index >= 15 is 0 Å². The monoisotopic (exact) mass is 342 g/mol. The Morgan fingerprint density at radius 2 is 2.12 bits per heavy atom. The molecule has 0 spiro atoms. The average molecular weight is 342 g/mol. The Morgan fingerprint density at radius 3 is 2.72 bits per heavy atom. The van der Waals surface area contributed by atoms with E-state index < -0.39 is 0 Å². The van der Waals surface area contributed by atoms with Crippen LogP contribution < -0.4 is 10.1 Å². The van der Waals surface area contributed by atoms with E-state index in [1.165, 1.54) is 6.42 Å². The number of aliphatic imine (C=N–C) groups is 1. The van der Waals surface area contributed by atoms with Gasteiger partial charge in [0.15, 0.2) is 11.8 Å². The zero-order valence-electron chi connectivity index (χ0n) is 15.3. The number of aromatic amines is 1. The van der Waals surface area contributed by atoms with E-state index in [-0.39, 0.29) is 0 Å². The largest absolute Gasteiger partial charge is 0.497 e. The lowest BCUT2D eigenvalue weighted by atomic mass is 9.93. The molecular formula is C18H26N6O. The van der Waals surface area contributed by atoms with Crippen molar-refractivity contribution in [3.63, 3.8) is 0 Å². The molecule has 25 heavy (non-hydrogen) atoms. The Morgan fingerprint density at radius 1 is 1.36 bits per heavy atom.